The lowest BCUT2D eigenvalue weighted by Crippen LogP contribution is -1.93. The number of nitrogens with one attached hydrogen (secondary N) is 1. The van der Waals surface area contributed by atoms with E-state index in [0.717, 1.165) is 0 Å². The summed E-state index contributed by atoms with van der Waals surface area (Å²) in [5, 5.41) is 0. The first-order valence-electron chi connectivity index (χ1n) is 3.02. The summed E-state index contributed by atoms with van der Waals surface area (Å²) in [6.45, 7) is 1.73. The van der Waals surface area contributed by atoms with Crippen LogP contribution in [0.15, 0.2) is 0 Å². The summed E-state index contributed by atoms with van der Waals surface area (Å²) in [5.41, 5.74) is 0. The molecule has 0 aromatic carbocycles. The lowest BCUT2D eigenvalue weighted by atomic mass is 10.6. The van der Waals surface area contributed by atoms with E-state index in [0.29, 0.717) is 0 Å². The molecule has 1 N–H and O–H groups in total. The summed E-state index contributed by atoms with van der Waals surface area (Å²) >= 11 is 0. The predicted octanol–water partition coefficient (Wildman–Crippen LogP) is 1.83. The Hall–Kier alpha value is -1.13. The first kappa shape index (κ1) is 7.97. The van der Waals surface area contributed by atoms with E-state index in [1.807, 2.05) is 0 Å². The van der Waals surface area contributed by atoms with Gasteiger partial charge in [-0.05, 0) is 6.92 Å². The van der Waals surface area contributed by atoms with Gasteiger partial charge in [-0.2, -0.15) is 13.2 Å². The maximum atomic E-state index is 12.4. The summed E-state index contributed by atoms with van der Waals surface area (Å²) in [5.74, 6) is -4.69. The van der Waals surface area contributed by atoms with Gasteiger partial charge in [0.25, 0.3) is 0 Å². The van der Waals surface area contributed by atoms with Gasteiger partial charge in [0, 0.05) is 0 Å². The summed E-state index contributed by atoms with van der Waals surface area (Å²) in [6, 6.07) is 0. The van der Waals surface area contributed by atoms with Crippen molar-refractivity contribution in [2.75, 3.05) is 6.61 Å². The molecule has 1 aromatic heterocycles. The third-order valence-electron chi connectivity index (χ3n) is 1.10. The minimum Gasteiger partial charge on any atom is -0.477 e. The molecule has 1 heterocycles. The minimum absolute atomic E-state index is 0.149. The van der Waals surface area contributed by atoms with Crippen molar-refractivity contribution in [2.45, 2.75) is 6.92 Å². The molecule has 0 saturated heterocycles. The molecule has 0 aliphatic rings. The second-order valence-electron chi connectivity index (χ2n) is 1.83. The molecule has 1 aromatic rings. The van der Waals surface area contributed by atoms with Crippen molar-refractivity contribution in [3.63, 3.8) is 0 Å². The van der Waals surface area contributed by atoms with E-state index in [9.17, 15) is 13.2 Å². The van der Waals surface area contributed by atoms with Gasteiger partial charge in [-0.15, -0.1) is 0 Å². The van der Waals surface area contributed by atoms with Gasteiger partial charge in [0.2, 0.25) is 23.5 Å². The molecule has 1 rings (SSSR count). The monoisotopic (exact) mass is 165 g/mol. The molecule has 0 radical (unpaired) electrons. The van der Waals surface area contributed by atoms with Crippen LogP contribution < -0.4 is 4.74 Å². The van der Waals surface area contributed by atoms with Crippen molar-refractivity contribution in [2.24, 2.45) is 0 Å². The normalized spacial score (nSPS) is 10.2. The van der Waals surface area contributed by atoms with Crippen LogP contribution in [0.4, 0.5) is 13.2 Å². The fourth-order valence-electron chi connectivity index (χ4n) is 0.649. The number of ether oxygens (including phenoxy) is 1. The first-order valence-corrected chi connectivity index (χ1v) is 3.02. The second kappa shape index (κ2) is 2.86. The molecule has 0 unspecified atom stereocenters. The lowest BCUT2D eigenvalue weighted by Gasteiger charge is -1.96. The molecule has 62 valence electrons. The molecule has 0 saturated carbocycles. The zero-order chi connectivity index (χ0) is 8.43. The Kier molecular flexibility index (Phi) is 2.07. The number of halogens is 3. The molecule has 0 aliphatic carbocycles. The van der Waals surface area contributed by atoms with Gasteiger partial charge in [-0.1, -0.05) is 0 Å². The molecule has 0 atom stereocenters. The highest BCUT2D eigenvalue weighted by molar-refractivity contribution is 5.16. The maximum absolute atomic E-state index is 12.4. The highest BCUT2D eigenvalue weighted by Gasteiger charge is 2.18. The van der Waals surface area contributed by atoms with Crippen molar-refractivity contribution in [3.05, 3.63) is 17.6 Å². The van der Waals surface area contributed by atoms with Gasteiger partial charge in [-0.3, -0.25) is 4.98 Å². The molecule has 0 bridgehead atoms. The fourth-order valence-corrected chi connectivity index (χ4v) is 0.649. The van der Waals surface area contributed by atoms with Crippen molar-refractivity contribution in [1.82, 2.24) is 4.98 Å². The Morgan fingerprint density at radius 3 is 2.27 bits per heavy atom. The summed E-state index contributed by atoms with van der Waals surface area (Å²) in [6.07, 6.45) is 0. The average Bonchev–Trinajstić information content (AvgIpc) is 2.19. The van der Waals surface area contributed by atoms with Crippen LogP contribution in [0, 0.1) is 17.6 Å². The highest BCUT2D eigenvalue weighted by Crippen LogP contribution is 2.20. The van der Waals surface area contributed by atoms with Crippen LogP contribution >= 0.6 is 0 Å². The standard InChI is InChI=1S/C6H6F3NO/c1-2-11-6-4(8)3(7)5(9)10-6/h10H,2H2,1H3. The third-order valence-corrected chi connectivity index (χ3v) is 1.10. The SMILES string of the molecule is CCOc1[nH]c(F)c(F)c1F. The van der Waals surface area contributed by atoms with Crippen molar-refractivity contribution in [3.8, 4) is 5.88 Å². The fraction of sp³-hybridized carbons (Fsp3) is 0.333. The molecule has 0 amide bonds. The number of aromatic nitrogens is 1. The summed E-state index contributed by atoms with van der Waals surface area (Å²) < 4.78 is 41.4. The topological polar surface area (TPSA) is 25.0 Å². The van der Waals surface area contributed by atoms with E-state index in [1.54, 1.807) is 11.9 Å². The van der Waals surface area contributed by atoms with E-state index in [4.69, 9.17) is 0 Å². The largest absolute Gasteiger partial charge is 0.477 e. The first-order chi connectivity index (χ1) is 5.16. The quantitative estimate of drug-likeness (QED) is 0.710. The molecule has 0 aliphatic heterocycles. The number of hydrogen-bond donors (Lipinski definition) is 1. The van der Waals surface area contributed by atoms with Gasteiger partial charge in [-0.25, -0.2) is 0 Å². The Bertz CT molecular complexity index is 259. The molecule has 5 heteroatoms. The van der Waals surface area contributed by atoms with Crippen molar-refractivity contribution >= 4 is 0 Å². The molecular formula is C6H6F3NO. The molecule has 0 spiro atoms. The lowest BCUT2D eigenvalue weighted by molar-refractivity contribution is 0.307. The zero-order valence-electron chi connectivity index (χ0n) is 5.75. The molecular weight excluding hydrogens is 159 g/mol. The smallest absolute Gasteiger partial charge is 0.233 e. The minimum atomic E-state index is -1.53. The van der Waals surface area contributed by atoms with E-state index in [2.05, 4.69) is 4.74 Å². The zero-order valence-corrected chi connectivity index (χ0v) is 5.75. The van der Waals surface area contributed by atoms with Gasteiger partial charge in [0.15, 0.2) is 0 Å². The maximum Gasteiger partial charge on any atom is 0.233 e. The number of H-pyrrole nitrogens is 1. The highest BCUT2D eigenvalue weighted by atomic mass is 19.2. The molecule has 11 heavy (non-hydrogen) atoms. The Labute approximate surface area is 61.0 Å². The predicted molar refractivity (Wildman–Crippen MR) is 31.8 cm³/mol. The average molecular weight is 165 g/mol. The molecule has 0 fully saturated rings. The van der Waals surface area contributed by atoms with Gasteiger partial charge in [0.1, 0.15) is 0 Å². The molecule has 2 nitrogen and oxygen atoms in total. The second-order valence-corrected chi connectivity index (χ2v) is 1.83. The van der Waals surface area contributed by atoms with E-state index < -0.39 is 23.5 Å². The number of rotatable bonds is 2. The summed E-state index contributed by atoms with van der Waals surface area (Å²) in [4.78, 5) is 1.77. The number of hydrogen-bond acceptors (Lipinski definition) is 1. The number of aromatic amines is 1. The van der Waals surface area contributed by atoms with Crippen LogP contribution in [0.3, 0.4) is 0 Å². The van der Waals surface area contributed by atoms with Gasteiger partial charge < -0.3 is 4.74 Å². The summed E-state index contributed by atoms with van der Waals surface area (Å²) in [7, 11) is 0. The van der Waals surface area contributed by atoms with E-state index in [1.165, 1.54) is 0 Å². The van der Waals surface area contributed by atoms with Gasteiger partial charge in [0.05, 0.1) is 6.61 Å². The van der Waals surface area contributed by atoms with Crippen molar-refractivity contribution < 1.29 is 17.9 Å². The Morgan fingerprint density at radius 1 is 1.27 bits per heavy atom. The van der Waals surface area contributed by atoms with Gasteiger partial charge >= 0.3 is 0 Å². The van der Waals surface area contributed by atoms with Crippen LogP contribution in [0.2, 0.25) is 0 Å². The van der Waals surface area contributed by atoms with E-state index >= 15 is 0 Å². The Balaban J connectivity index is 2.98. The van der Waals surface area contributed by atoms with Crippen LogP contribution in [0.5, 0.6) is 5.88 Å². The van der Waals surface area contributed by atoms with E-state index in [-0.39, 0.29) is 6.61 Å². The Morgan fingerprint density at radius 2 is 1.91 bits per heavy atom. The third kappa shape index (κ3) is 1.31. The van der Waals surface area contributed by atoms with Crippen LogP contribution in [0.25, 0.3) is 0 Å². The van der Waals surface area contributed by atoms with Crippen LogP contribution in [-0.2, 0) is 0 Å². The van der Waals surface area contributed by atoms with Crippen LogP contribution in [0.1, 0.15) is 6.92 Å². The van der Waals surface area contributed by atoms with Crippen LogP contribution in [-0.4, -0.2) is 11.6 Å². The van der Waals surface area contributed by atoms with Crippen molar-refractivity contribution in [1.29, 1.82) is 0 Å².